The number of carbonyl (C=O) groups is 1. The number of aromatic hydroxyl groups is 1. The van der Waals surface area contributed by atoms with E-state index >= 15 is 0 Å². The van der Waals surface area contributed by atoms with Gasteiger partial charge < -0.3 is 15.4 Å². The molecule has 1 aliphatic rings. The van der Waals surface area contributed by atoms with Crippen molar-refractivity contribution in [3.05, 3.63) is 56.2 Å². The summed E-state index contributed by atoms with van der Waals surface area (Å²) in [4.78, 5) is 39.1. The van der Waals surface area contributed by atoms with Crippen LogP contribution in [-0.4, -0.2) is 48.7 Å². The van der Waals surface area contributed by atoms with Crippen molar-refractivity contribution in [2.45, 2.75) is 18.9 Å². The Bertz CT molecular complexity index is 1460. The highest BCUT2D eigenvalue weighted by Gasteiger charge is 2.20. The summed E-state index contributed by atoms with van der Waals surface area (Å²) in [6.07, 6.45) is 5.28. The Morgan fingerprint density at radius 2 is 2.23 bits per heavy atom. The third-order valence-corrected chi connectivity index (χ3v) is 5.79. The number of hydrogen-bond acceptors (Lipinski definition) is 7. The number of amides is 1. The molecule has 0 atom stereocenters. The van der Waals surface area contributed by atoms with E-state index in [2.05, 4.69) is 20.4 Å². The van der Waals surface area contributed by atoms with Gasteiger partial charge in [-0.1, -0.05) is 0 Å². The standard InChI is InChI=1S/C19H17N7O3S/c1-20-18(28)14-5-4-13(30-14)11-7-15(22-10-2-3-10)26-16(23-11)9(8-21-26)6-12-17(27)25-19(29)24-12/h4-8,10,27H,2-3H2,1H3,(H,20,28)(H2,24,25,29)/b9-6-,22-15?. The van der Waals surface area contributed by atoms with Gasteiger partial charge in [0, 0.05) is 18.3 Å². The first kappa shape index (κ1) is 18.3. The second-order valence-electron chi connectivity index (χ2n) is 6.92. The van der Waals surface area contributed by atoms with Crippen LogP contribution in [0.1, 0.15) is 28.2 Å². The van der Waals surface area contributed by atoms with Crippen LogP contribution in [0.15, 0.2) is 34.2 Å². The Hall–Kier alpha value is -3.73. The lowest BCUT2D eigenvalue weighted by Gasteiger charge is -2.01. The van der Waals surface area contributed by atoms with Gasteiger partial charge in [-0.2, -0.15) is 9.61 Å². The molecular formula is C19H17N7O3S. The molecule has 4 N–H and O–H groups in total. The summed E-state index contributed by atoms with van der Waals surface area (Å²) in [5.74, 6) is -0.410. The van der Waals surface area contributed by atoms with Gasteiger partial charge in [-0.15, -0.1) is 11.3 Å². The summed E-state index contributed by atoms with van der Waals surface area (Å²) in [6.45, 7) is 0. The molecule has 0 bridgehead atoms. The molecule has 152 valence electrons. The summed E-state index contributed by atoms with van der Waals surface area (Å²) in [6, 6.07) is 5.74. The number of rotatable bonds is 4. The molecule has 0 unspecified atom stereocenters. The van der Waals surface area contributed by atoms with Crippen molar-refractivity contribution in [3.63, 3.8) is 0 Å². The van der Waals surface area contributed by atoms with Crippen molar-refractivity contribution in [2.75, 3.05) is 7.05 Å². The van der Waals surface area contributed by atoms with E-state index in [-0.39, 0.29) is 23.5 Å². The number of H-pyrrole nitrogens is 2. The fourth-order valence-electron chi connectivity index (χ4n) is 3.04. The minimum absolute atomic E-state index is 0.152. The monoisotopic (exact) mass is 423 g/mol. The molecule has 1 fully saturated rings. The first-order chi connectivity index (χ1) is 14.5. The van der Waals surface area contributed by atoms with Crippen LogP contribution in [0, 0.1) is 0 Å². The Morgan fingerprint density at radius 1 is 1.40 bits per heavy atom. The molecule has 5 rings (SSSR count). The molecule has 0 saturated heterocycles. The number of hydrogen-bond donors (Lipinski definition) is 4. The van der Waals surface area contributed by atoms with Crippen LogP contribution in [-0.2, 0) is 0 Å². The van der Waals surface area contributed by atoms with Crippen molar-refractivity contribution in [1.82, 2.24) is 29.9 Å². The molecule has 0 aliphatic heterocycles. The molecule has 1 aliphatic carbocycles. The molecule has 0 spiro atoms. The Labute approximate surface area is 172 Å². The molecule has 4 aromatic rings. The van der Waals surface area contributed by atoms with Crippen LogP contribution in [0.3, 0.4) is 0 Å². The van der Waals surface area contributed by atoms with E-state index in [0.717, 1.165) is 17.7 Å². The molecule has 1 saturated carbocycles. The van der Waals surface area contributed by atoms with Gasteiger partial charge in [0.05, 0.1) is 27.7 Å². The minimum atomic E-state index is -0.506. The van der Waals surface area contributed by atoms with Crippen molar-refractivity contribution in [3.8, 4) is 16.5 Å². The Balaban J connectivity index is 1.72. The van der Waals surface area contributed by atoms with E-state index in [1.54, 1.807) is 29.9 Å². The number of thiophene rings is 1. The van der Waals surface area contributed by atoms with E-state index in [9.17, 15) is 14.7 Å². The molecule has 0 radical (unpaired) electrons. The number of fused-ring (bicyclic) bond motifs is 1. The lowest BCUT2D eigenvalue weighted by atomic mass is 10.3. The fourth-order valence-corrected chi connectivity index (χ4v) is 3.96. The first-order valence-electron chi connectivity index (χ1n) is 9.30. The van der Waals surface area contributed by atoms with E-state index in [0.29, 0.717) is 26.9 Å². The SMILES string of the molecule is CNC(=O)c1ccc(-c2cc(=NC3CC3)n3nc/c(=C/c4[nH]c(=O)[nH]c4O)c3n2)s1. The number of aromatic amines is 2. The number of nitrogens with zero attached hydrogens (tertiary/aromatic N) is 4. The van der Waals surface area contributed by atoms with Crippen LogP contribution in [0.25, 0.3) is 22.3 Å². The lowest BCUT2D eigenvalue weighted by Crippen LogP contribution is -2.19. The van der Waals surface area contributed by atoms with Gasteiger partial charge in [0.15, 0.2) is 11.1 Å². The van der Waals surface area contributed by atoms with Crippen molar-refractivity contribution >= 4 is 29.0 Å². The maximum atomic E-state index is 11.9. The first-order valence-corrected chi connectivity index (χ1v) is 10.1. The van der Waals surface area contributed by atoms with Crippen LogP contribution in [0.5, 0.6) is 5.88 Å². The predicted molar refractivity (Wildman–Crippen MR) is 110 cm³/mol. The summed E-state index contributed by atoms with van der Waals surface area (Å²) in [7, 11) is 1.59. The van der Waals surface area contributed by atoms with E-state index in [4.69, 9.17) is 9.98 Å². The molecular weight excluding hydrogens is 406 g/mol. The van der Waals surface area contributed by atoms with Crippen molar-refractivity contribution in [2.24, 2.45) is 4.99 Å². The highest BCUT2D eigenvalue weighted by atomic mass is 32.1. The molecule has 10 nitrogen and oxygen atoms in total. The number of carbonyl (C=O) groups excluding carboxylic acids is 1. The van der Waals surface area contributed by atoms with Gasteiger partial charge in [0.25, 0.3) is 5.91 Å². The van der Waals surface area contributed by atoms with Crippen LogP contribution in [0.4, 0.5) is 0 Å². The molecule has 4 aromatic heterocycles. The van der Waals surface area contributed by atoms with E-state index in [1.807, 2.05) is 12.1 Å². The van der Waals surface area contributed by atoms with Gasteiger partial charge in [0.1, 0.15) is 5.69 Å². The highest BCUT2D eigenvalue weighted by molar-refractivity contribution is 7.17. The summed E-state index contributed by atoms with van der Waals surface area (Å²) in [5, 5.41) is 17.5. The van der Waals surface area contributed by atoms with Gasteiger partial charge in [-0.3, -0.25) is 14.8 Å². The predicted octanol–water partition coefficient (Wildman–Crippen LogP) is 0.150. The fraction of sp³-hybridized carbons (Fsp3) is 0.211. The molecule has 4 heterocycles. The maximum Gasteiger partial charge on any atom is 0.326 e. The molecule has 1 amide bonds. The second-order valence-corrected chi connectivity index (χ2v) is 8.01. The van der Waals surface area contributed by atoms with E-state index in [1.165, 1.54) is 11.3 Å². The lowest BCUT2D eigenvalue weighted by molar-refractivity contribution is 0.0967. The topological polar surface area (TPSA) is 141 Å². The minimum Gasteiger partial charge on any atom is -0.493 e. The smallest absolute Gasteiger partial charge is 0.326 e. The third-order valence-electron chi connectivity index (χ3n) is 4.69. The highest BCUT2D eigenvalue weighted by Crippen LogP contribution is 2.26. The summed E-state index contributed by atoms with van der Waals surface area (Å²) >= 11 is 1.34. The average Bonchev–Trinajstić information content (AvgIpc) is 3.12. The summed E-state index contributed by atoms with van der Waals surface area (Å²) < 4.78 is 1.64. The van der Waals surface area contributed by atoms with Crippen LogP contribution in [0.2, 0.25) is 0 Å². The number of imidazole rings is 1. The quantitative estimate of drug-likeness (QED) is 0.370. The zero-order valence-corrected chi connectivity index (χ0v) is 16.7. The maximum absolute atomic E-state index is 11.9. The number of nitrogens with one attached hydrogen (secondary N) is 3. The van der Waals surface area contributed by atoms with Gasteiger partial charge in [0.2, 0.25) is 5.88 Å². The third kappa shape index (κ3) is 3.28. The van der Waals surface area contributed by atoms with Crippen molar-refractivity contribution < 1.29 is 9.90 Å². The number of aromatic nitrogens is 5. The zero-order valence-electron chi connectivity index (χ0n) is 15.8. The second kappa shape index (κ2) is 6.95. The molecule has 11 heteroatoms. The van der Waals surface area contributed by atoms with Crippen molar-refractivity contribution in [1.29, 1.82) is 0 Å². The Morgan fingerprint density at radius 3 is 2.93 bits per heavy atom. The van der Waals surface area contributed by atoms with Crippen LogP contribution >= 0.6 is 11.3 Å². The molecule has 30 heavy (non-hydrogen) atoms. The summed E-state index contributed by atoms with van der Waals surface area (Å²) in [5.41, 5.74) is 1.60. The van der Waals surface area contributed by atoms with Gasteiger partial charge in [-0.05, 0) is 31.1 Å². The van der Waals surface area contributed by atoms with E-state index < -0.39 is 5.69 Å². The Kier molecular flexibility index (Phi) is 4.24. The van der Waals surface area contributed by atoms with Gasteiger partial charge in [-0.25, -0.2) is 9.78 Å². The normalized spacial score (nSPS) is 15.2. The zero-order chi connectivity index (χ0) is 20.8. The van der Waals surface area contributed by atoms with Gasteiger partial charge >= 0.3 is 5.69 Å². The average molecular weight is 423 g/mol. The van der Waals surface area contributed by atoms with Crippen LogP contribution < -0.4 is 21.7 Å². The molecule has 0 aromatic carbocycles. The largest absolute Gasteiger partial charge is 0.493 e.